The highest BCUT2D eigenvalue weighted by atomic mass is 32.1. The van der Waals surface area contributed by atoms with E-state index in [-0.39, 0.29) is 5.41 Å². The standard InChI is InChI=1S/C43H35NS.C11H10.C7H8/c1-4-7-18-30(6-3)44(31-19-9-8-10-20-31)32-26-27-34-33-21-11-13-24-37(33)43(38(34)28-32)40-29(16-5-2)17-15-23-36(40)42-41(43)35-22-12-14-25-39(35)45-42;1-9-5-4-7-10-6-2-3-8-11(9)10;1-7-5-3-2-4-6-7/h4-12,14-23,25-28H,3,13,24H2,1-2H3;2-8H,1H3;2-6H,1H3/b7-4-,16-5?,30-18+;;. The zero-order valence-corrected chi connectivity index (χ0v) is 37.5. The van der Waals surface area contributed by atoms with Gasteiger partial charge in [-0.3, -0.25) is 0 Å². The van der Waals surface area contributed by atoms with E-state index in [9.17, 15) is 0 Å². The highest BCUT2D eigenvalue weighted by Crippen LogP contribution is 2.67. The summed E-state index contributed by atoms with van der Waals surface area (Å²) in [4.78, 5) is 3.76. The molecule has 1 atom stereocenters. The SMILES string of the molecule is C=C/C(=C\C=C/C)N(c1ccccc1)c1ccc2c(c1)C1(C3=C2C=CCC3)c2c(C=CC)cccc2-c2sc3ccccc3c21.Cc1cccc2ccccc12.Cc1ccccc1. The first-order valence-corrected chi connectivity index (χ1v) is 22.9. The van der Waals surface area contributed by atoms with Crippen LogP contribution in [0.15, 0.2) is 224 Å². The van der Waals surface area contributed by atoms with E-state index in [2.05, 4.69) is 227 Å². The van der Waals surface area contributed by atoms with Gasteiger partial charge in [0.1, 0.15) is 0 Å². The molecule has 0 aliphatic heterocycles. The van der Waals surface area contributed by atoms with Gasteiger partial charge in [-0.05, 0) is 149 Å². The number of benzene rings is 7. The van der Waals surface area contributed by atoms with Crippen LogP contribution in [0.1, 0.15) is 65.6 Å². The highest BCUT2D eigenvalue weighted by molar-refractivity contribution is 7.22. The average molecular weight is 832 g/mol. The Bertz CT molecular complexity index is 3110. The molecule has 3 aliphatic carbocycles. The van der Waals surface area contributed by atoms with Gasteiger partial charge in [-0.1, -0.05) is 182 Å². The minimum absolute atomic E-state index is 0.366. The van der Waals surface area contributed by atoms with Gasteiger partial charge in [0.25, 0.3) is 0 Å². The van der Waals surface area contributed by atoms with Crippen LogP contribution in [0.4, 0.5) is 11.4 Å². The molecule has 0 amide bonds. The van der Waals surface area contributed by atoms with Crippen LogP contribution in [-0.2, 0) is 5.41 Å². The number of allylic oxidation sites excluding steroid dienone is 9. The molecule has 1 spiro atoms. The Morgan fingerprint density at radius 3 is 2.11 bits per heavy atom. The fraction of sp³-hybridized carbons (Fsp3) is 0.115. The molecule has 1 nitrogen and oxygen atoms in total. The van der Waals surface area contributed by atoms with E-state index in [1.165, 1.54) is 81.4 Å². The maximum absolute atomic E-state index is 4.24. The molecule has 1 unspecified atom stereocenters. The Morgan fingerprint density at radius 1 is 0.667 bits per heavy atom. The lowest BCUT2D eigenvalue weighted by Gasteiger charge is -2.35. The summed E-state index contributed by atoms with van der Waals surface area (Å²) in [5, 5.41) is 4.06. The summed E-state index contributed by atoms with van der Waals surface area (Å²) in [5.41, 5.74) is 16.8. The molecule has 2 heteroatoms. The zero-order chi connectivity index (χ0) is 43.3. The van der Waals surface area contributed by atoms with Crippen molar-refractivity contribution in [1.82, 2.24) is 0 Å². The van der Waals surface area contributed by atoms with Crippen LogP contribution in [-0.4, -0.2) is 0 Å². The monoisotopic (exact) mass is 831 g/mol. The normalized spacial score (nSPS) is 15.8. The first kappa shape index (κ1) is 41.4. The van der Waals surface area contributed by atoms with Crippen molar-refractivity contribution >= 4 is 55.2 Å². The Morgan fingerprint density at radius 2 is 1.38 bits per heavy atom. The number of aryl methyl sites for hydroxylation is 2. The van der Waals surface area contributed by atoms with E-state index >= 15 is 0 Å². The van der Waals surface area contributed by atoms with E-state index in [1.807, 2.05) is 35.6 Å². The van der Waals surface area contributed by atoms with Gasteiger partial charge in [0.05, 0.1) is 5.41 Å². The molecule has 1 heterocycles. The van der Waals surface area contributed by atoms with Crippen LogP contribution >= 0.6 is 11.3 Å². The second-order valence-electron chi connectivity index (χ2n) is 16.3. The smallest absolute Gasteiger partial charge is 0.0709 e. The van der Waals surface area contributed by atoms with Gasteiger partial charge in [0.15, 0.2) is 0 Å². The number of thiophene rings is 1. The van der Waals surface area contributed by atoms with Gasteiger partial charge in [0.2, 0.25) is 0 Å². The van der Waals surface area contributed by atoms with E-state index in [0.29, 0.717) is 0 Å². The van der Waals surface area contributed by atoms with E-state index in [4.69, 9.17) is 0 Å². The average Bonchev–Trinajstić information content (AvgIpc) is 3.95. The van der Waals surface area contributed by atoms with Crippen molar-refractivity contribution in [3.8, 4) is 10.4 Å². The van der Waals surface area contributed by atoms with Gasteiger partial charge in [-0.25, -0.2) is 0 Å². The number of rotatable bonds is 6. The Kier molecular flexibility index (Phi) is 11.9. The molecule has 0 bridgehead atoms. The number of fused-ring (bicyclic) bond motifs is 12. The lowest BCUT2D eigenvalue weighted by molar-refractivity contribution is 0.718. The summed E-state index contributed by atoms with van der Waals surface area (Å²) >= 11 is 1.95. The van der Waals surface area contributed by atoms with Gasteiger partial charge in [0, 0.05) is 26.6 Å². The van der Waals surface area contributed by atoms with Crippen molar-refractivity contribution in [2.24, 2.45) is 0 Å². The van der Waals surface area contributed by atoms with Gasteiger partial charge in [-0.15, -0.1) is 11.3 Å². The van der Waals surface area contributed by atoms with Crippen molar-refractivity contribution in [2.45, 2.75) is 46.0 Å². The predicted molar refractivity (Wildman–Crippen MR) is 275 cm³/mol. The van der Waals surface area contributed by atoms with Gasteiger partial charge in [-0.2, -0.15) is 0 Å². The lowest BCUT2D eigenvalue weighted by Crippen LogP contribution is -2.29. The molecule has 0 N–H and O–H groups in total. The third-order valence-corrected chi connectivity index (χ3v) is 13.7. The number of nitrogens with zero attached hydrogens (tertiary/aromatic N) is 1. The molecule has 63 heavy (non-hydrogen) atoms. The molecule has 308 valence electrons. The minimum Gasteiger partial charge on any atom is -0.311 e. The van der Waals surface area contributed by atoms with Crippen LogP contribution in [0.25, 0.3) is 42.9 Å². The van der Waals surface area contributed by atoms with Crippen LogP contribution in [0.2, 0.25) is 0 Å². The third-order valence-electron chi connectivity index (χ3n) is 12.5. The van der Waals surface area contributed by atoms with Crippen molar-refractivity contribution in [2.75, 3.05) is 4.90 Å². The molecule has 0 fully saturated rings. The molecule has 1 aromatic heterocycles. The molecule has 0 radical (unpaired) electrons. The first-order valence-electron chi connectivity index (χ1n) is 22.1. The van der Waals surface area contributed by atoms with Crippen LogP contribution < -0.4 is 4.90 Å². The first-order chi connectivity index (χ1) is 31.0. The molecule has 7 aromatic carbocycles. The van der Waals surface area contributed by atoms with Gasteiger partial charge >= 0.3 is 0 Å². The summed E-state index contributed by atoms with van der Waals surface area (Å²) in [6, 6.07) is 58.8. The van der Waals surface area contributed by atoms with E-state index < -0.39 is 0 Å². The molecule has 0 saturated carbocycles. The summed E-state index contributed by atoms with van der Waals surface area (Å²) in [6.45, 7) is 12.6. The topological polar surface area (TPSA) is 3.24 Å². The van der Waals surface area contributed by atoms with E-state index in [1.54, 1.807) is 0 Å². The fourth-order valence-corrected chi connectivity index (χ4v) is 11.2. The maximum atomic E-state index is 4.24. The summed E-state index contributed by atoms with van der Waals surface area (Å²) < 4.78 is 1.36. The molecule has 0 saturated heterocycles. The number of anilines is 2. The zero-order valence-electron chi connectivity index (χ0n) is 36.7. The Balaban J connectivity index is 0.000000230. The molecule has 3 aliphatic rings. The van der Waals surface area contributed by atoms with E-state index in [0.717, 1.165) is 29.9 Å². The summed E-state index contributed by atoms with van der Waals surface area (Å²) in [5.74, 6) is 0. The van der Waals surface area contributed by atoms with Crippen LogP contribution in [0.5, 0.6) is 0 Å². The number of hydrogen-bond donors (Lipinski definition) is 0. The van der Waals surface area contributed by atoms with Crippen molar-refractivity contribution in [3.63, 3.8) is 0 Å². The predicted octanol–water partition coefficient (Wildman–Crippen LogP) is 17.3. The number of para-hydroxylation sites is 1. The van der Waals surface area contributed by atoms with Crippen molar-refractivity contribution < 1.29 is 0 Å². The number of hydrogen-bond acceptors (Lipinski definition) is 2. The van der Waals surface area contributed by atoms with Crippen molar-refractivity contribution in [3.05, 3.63) is 263 Å². The summed E-state index contributed by atoms with van der Waals surface area (Å²) in [6.07, 6.45) is 19.6. The van der Waals surface area contributed by atoms with Crippen LogP contribution in [0.3, 0.4) is 0 Å². The third kappa shape index (κ3) is 7.45. The largest absolute Gasteiger partial charge is 0.311 e. The quantitative estimate of drug-likeness (QED) is 0.151. The fourth-order valence-electron chi connectivity index (χ4n) is 9.86. The minimum atomic E-state index is -0.366. The van der Waals surface area contributed by atoms with Gasteiger partial charge < -0.3 is 4.90 Å². The summed E-state index contributed by atoms with van der Waals surface area (Å²) in [7, 11) is 0. The second-order valence-corrected chi connectivity index (χ2v) is 17.4. The molecule has 11 rings (SSSR count). The maximum Gasteiger partial charge on any atom is 0.0709 e. The second kappa shape index (κ2) is 18.2. The molecular weight excluding hydrogens is 779 g/mol. The Labute approximate surface area is 377 Å². The highest BCUT2D eigenvalue weighted by Gasteiger charge is 2.55. The van der Waals surface area contributed by atoms with Crippen LogP contribution in [0, 0.1) is 13.8 Å². The van der Waals surface area contributed by atoms with Crippen molar-refractivity contribution in [1.29, 1.82) is 0 Å². The molecular formula is C61H53NS. The lowest BCUT2D eigenvalue weighted by atomic mass is 9.66. The Hall–Kier alpha value is -7.00. The molecule has 8 aromatic rings.